The number of hydrogen-bond acceptors (Lipinski definition) is 5. The molecule has 5 rings (SSSR count). The maximum atomic E-state index is 12.8. The lowest BCUT2D eigenvalue weighted by atomic mass is 9.94. The van der Waals surface area contributed by atoms with E-state index in [0.717, 1.165) is 39.9 Å². The number of thiophene rings is 1. The van der Waals surface area contributed by atoms with Gasteiger partial charge in [0.15, 0.2) is 0 Å². The molecule has 0 radical (unpaired) electrons. The summed E-state index contributed by atoms with van der Waals surface area (Å²) < 4.78 is 6.29. The molecule has 0 saturated heterocycles. The van der Waals surface area contributed by atoms with Crippen LogP contribution < -0.4 is 15.4 Å². The molecular weight excluding hydrogens is 464 g/mol. The molecule has 3 aromatic rings. The fourth-order valence-electron chi connectivity index (χ4n) is 3.95. The van der Waals surface area contributed by atoms with E-state index in [-0.39, 0.29) is 12.1 Å². The molecule has 0 fully saturated rings. The second-order valence-electron chi connectivity index (χ2n) is 7.43. The largest absolute Gasteiger partial charge is 0.423 e. The number of benzene rings is 2. The number of nitrogens with one attached hydrogen (secondary N) is 2. The Kier molecular flexibility index (Phi) is 5.08. The molecule has 152 valence electrons. The van der Waals surface area contributed by atoms with Crippen LogP contribution in [0.25, 0.3) is 0 Å². The van der Waals surface area contributed by atoms with Crippen LogP contribution in [-0.4, -0.2) is 11.9 Å². The molecule has 1 amide bonds. The number of carbonyl (C=O) groups is 2. The number of ether oxygens (including phenoxy) is 1. The summed E-state index contributed by atoms with van der Waals surface area (Å²) in [5.41, 5.74) is 3.43. The third-order valence-corrected chi connectivity index (χ3v) is 7.15. The highest BCUT2D eigenvalue weighted by Crippen LogP contribution is 2.41. The molecule has 1 aliphatic carbocycles. The normalized spacial score (nSPS) is 17.4. The van der Waals surface area contributed by atoms with Gasteiger partial charge in [0, 0.05) is 9.35 Å². The van der Waals surface area contributed by atoms with Gasteiger partial charge in [-0.25, -0.2) is 4.79 Å². The smallest absolute Gasteiger partial charge is 0.343 e. The van der Waals surface area contributed by atoms with Crippen LogP contribution in [0.4, 0.5) is 5.00 Å². The van der Waals surface area contributed by atoms with Gasteiger partial charge in [-0.05, 0) is 67.1 Å². The number of halogens is 1. The number of rotatable bonds is 3. The Morgan fingerprint density at radius 2 is 1.87 bits per heavy atom. The summed E-state index contributed by atoms with van der Waals surface area (Å²) >= 11 is 5.06. The molecule has 0 saturated carbocycles. The van der Waals surface area contributed by atoms with E-state index < -0.39 is 5.97 Å². The minimum atomic E-state index is -0.415. The van der Waals surface area contributed by atoms with Gasteiger partial charge in [0.2, 0.25) is 0 Å². The zero-order valence-corrected chi connectivity index (χ0v) is 18.4. The van der Waals surface area contributed by atoms with Gasteiger partial charge in [-0.3, -0.25) is 4.79 Å². The van der Waals surface area contributed by atoms with E-state index in [1.165, 1.54) is 16.9 Å². The van der Waals surface area contributed by atoms with E-state index in [1.807, 2.05) is 18.2 Å². The van der Waals surface area contributed by atoms with E-state index >= 15 is 0 Å². The first-order valence-electron chi connectivity index (χ1n) is 9.88. The number of amides is 1. The van der Waals surface area contributed by atoms with Crippen molar-refractivity contribution in [3.63, 3.8) is 0 Å². The molecule has 1 aromatic heterocycles. The van der Waals surface area contributed by atoms with Gasteiger partial charge < -0.3 is 15.4 Å². The maximum absolute atomic E-state index is 12.8. The summed E-state index contributed by atoms with van der Waals surface area (Å²) in [6.07, 6.45) is 4.08. The molecule has 2 aliphatic rings. The summed E-state index contributed by atoms with van der Waals surface area (Å²) in [5, 5.41) is 7.49. The first-order chi connectivity index (χ1) is 14.6. The average Bonchev–Trinajstić information content (AvgIpc) is 3.13. The van der Waals surface area contributed by atoms with Gasteiger partial charge >= 0.3 is 5.97 Å². The summed E-state index contributed by atoms with van der Waals surface area (Å²) in [5.74, 6) is 0.0263. The van der Waals surface area contributed by atoms with Gasteiger partial charge in [-0.15, -0.1) is 11.3 Å². The van der Waals surface area contributed by atoms with Crippen LogP contribution in [-0.2, 0) is 12.8 Å². The predicted molar refractivity (Wildman–Crippen MR) is 120 cm³/mol. The van der Waals surface area contributed by atoms with Gasteiger partial charge in [-0.2, -0.15) is 0 Å². The first kappa shape index (κ1) is 19.3. The van der Waals surface area contributed by atoms with Crippen molar-refractivity contribution in [1.29, 1.82) is 0 Å². The van der Waals surface area contributed by atoms with Crippen molar-refractivity contribution < 1.29 is 14.3 Å². The minimum Gasteiger partial charge on any atom is -0.423 e. The lowest BCUT2D eigenvalue weighted by Gasteiger charge is -2.27. The quantitative estimate of drug-likeness (QED) is 0.384. The number of hydrogen-bond donors (Lipinski definition) is 2. The fraction of sp³-hybridized carbons (Fsp3) is 0.217. The van der Waals surface area contributed by atoms with Crippen LogP contribution in [0.15, 0.2) is 53.0 Å². The average molecular weight is 483 g/mol. The number of anilines is 1. The van der Waals surface area contributed by atoms with E-state index in [0.29, 0.717) is 11.3 Å². The molecule has 0 bridgehead atoms. The summed E-state index contributed by atoms with van der Waals surface area (Å²) in [7, 11) is 0. The van der Waals surface area contributed by atoms with Crippen molar-refractivity contribution in [2.45, 2.75) is 31.8 Å². The number of esters is 1. The zero-order chi connectivity index (χ0) is 20.7. The van der Waals surface area contributed by atoms with Gasteiger partial charge in [0.25, 0.3) is 5.91 Å². The van der Waals surface area contributed by atoms with Crippen LogP contribution in [0.5, 0.6) is 5.75 Å². The third-order valence-electron chi connectivity index (χ3n) is 5.43. The standard InChI is InChI=1S/C23H19BrN2O3S/c24-15-5-3-4-14(12-15)23(28)29-16-10-8-13(9-11-16)20-25-21(27)19-17-6-1-2-7-18(17)30-22(19)26-20/h3-5,8-12,20,26H,1-2,6-7H2,(H,25,27)/t20-/m1/s1. The first-order valence-corrected chi connectivity index (χ1v) is 11.5. The molecule has 0 unspecified atom stereocenters. The van der Waals surface area contributed by atoms with Crippen LogP contribution in [0.1, 0.15) is 55.7 Å². The van der Waals surface area contributed by atoms with Gasteiger partial charge in [0.05, 0.1) is 11.1 Å². The second kappa shape index (κ2) is 7.89. The Balaban J connectivity index is 1.32. The molecule has 1 aliphatic heterocycles. The summed E-state index contributed by atoms with van der Waals surface area (Å²) in [4.78, 5) is 26.4. The zero-order valence-electron chi connectivity index (χ0n) is 16.0. The maximum Gasteiger partial charge on any atom is 0.343 e. The van der Waals surface area contributed by atoms with Crippen molar-refractivity contribution in [3.8, 4) is 5.75 Å². The number of fused-ring (bicyclic) bond motifs is 3. The van der Waals surface area contributed by atoms with Crippen molar-refractivity contribution in [1.82, 2.24) is 5.32 Å². The Labute approximate surface area is 186 Å². The highest BCUT2D eigenvalue weighted by molar-refractivity contribution is 9.10. The molecule has 0 spiro atoms. The monoisotopic (exact) mass is 482 g/mol. The van der Waals surface area contributed by atoms with Gasteiger partial charge in [-0.1, -0.05) is 34.1 Å². The van der Waals surface area contributed by atoms with E-state index in [1.54, 1.807) is 41.7 Å². The Morgan fingerprint density at radius 1 is 1.07 bits per heavy atom. The van der Waals surface area contributed by atoms with Crippen LogP contribution >= 0.6 is 27.3 Å². The van der Waals surface area contributed by atoms with Crippen LogP contribution in [0, 0.1) is 0 Å². The number of aryl methyl sites for hydroxylation is 1. The van der Waals surface area contributed by atoms with Crippen molar-refractivity contribution in [3.05, 3.63) is 80.1 Å². The van der Waals surface area contributed by atoms with E-state index in [4.69, 9.17) is 4.74 Å². The van der Waals surface area contributed by atoms with E-state index in [2.05, 4.69) is 26.6 Å². The van der Waals surface area contributed by atoms with Gasteiger partial charge in [0.1, 0.15) is 16.9 Å². The van der Waals surface area contributed by atoms with Crippen molar-refractivity contribution in [2.24, 2.45) is 0 Å². The molecule has 2 aromatic carbocycles. The third kappa shape index (κ3) is 3.63. The predicted octanol–water partition coefficient (Wildman–Crippen LogP) is 5.46. The second-order valence-corrected chi connectivity index (χ2v) is 9.46. The van der Waals surface area contributed by atoms with Crippen LogP contribution in [0.3, 0.4) is 0 Å². The van der Waals surface area contributed by atoms with Crippen molar-refractivity contribution >= 4 is 44.1 Å². The highest BCUT2D eigenvalue weighted by Gasteiger charge is 2.31. The molecule has 7 heteroatoms. The van der Waals surface area contributed by atoms with Crippen molar-refractivity contribution in [2.75, 3.05) is 5.32 Å². The Bertz CT molecular complexity index is 1140. The molecule has 5 nitrogen and oxygen atoms in total. The SMILES string of the molecule is O=C(Oc1ccc([C@@H]2NC(=O)c3c(sc4c3CCCC4)N2)cc1)c1cccc(Br)c1. The summed E-state index contributed by atoms with van der Waals surface area (Å²) in [6, 6.07) is 14.3. The molecule has 2 heterocycles. The molecular formula is C23H19BrN2O3S. The molecule has 30 heavy (non-hydrogen) atoms. The lowest BCUT2D eigenvalue weighted by molar-refractivity contribution is 0.0734. The highest BCUT2D eigenvalue weighted by atomic mass is 79.9. The Hall–Kier alpha value is -2.64. The minimum absolute atomic E-state index is 0.0155. The fourth-order valence-corrected chi connectivity index (χ4v) is 5.67. The number of carbonyl (C=O) groups excluding carboxylic acids is 2. The van der Waals surface area contributed by atoms with Crippen LogP contribution in [0.2, 0.25) is 0 Å². The lowest BCUT2D eigenvalue weighted by Crippen LogP contribution is -2.38. The Morgan fingerprint density at radius 3 is 2.67 bits per heavy atom. The topological polar surface area (TPSA) is 67.4 Å². The molecule has 1 atom stereocenters. The molecule has 2 N–H and O–H groups in total. The summed E-state index contributed by atoms with van der Waals surface area (Å²) in [6.45, 7) is 0. The van der Waals surface area contributed by atoms with E-state index in [9.17, 15) is 9.59 Å².